The largest absolute Gasteiger partial charge is 0.504 e. The Morgan fingerprint density at radius 3 is 2.71 bits per heavy atom. The lowest BCUT2D eigenvalue weighted by atomic mass is 10.0. The Hall–Kier alpha value is -2.21. The van der Waals surface area contributed by atoms with Gasteiger partial charge in [0.25, 0.3) is 0 Å². The fraction of sp³-hybridized carbons (Fsp3) is 0.440. The second kappa shape index (κ2) is 10.4. The molecule has 2 aliphatic rings. The summed E-state index contributed by atoms with van der Waals surface area (Å²) in [7, 11) is 1.57. The third-order valence-corrected chi connectivity index (χ3v) is 6.60. The number of aromatic hydroxyl groups is 1. The first-order valence-electron chi connectivity index (χ1n) is 11.1. The first-order valence-corrected chi connectivity index (χ1v) is 11.5. The van der Waals surface area contributed by atoms with E-state index in [-0.39, 0.29) is 5.75 Å². The monoisotopic (exact) mass is 441 g/mol. The summed E-state index contributed by atoms with van der Waals surface area (Å²) in [6.45, 7) is 7.55. The van der Waals surface area contributed by atoms with Crippen LogP contribution in [0.4, 0.5) is 5.69 Å². The molecule has 31 heavy (non-hydrogen) atoms. The fourth-order valence-electron chi connectivity index (χ4n) is 4.65. The Balaban J connectivity index is 1.27. The summed E-state index contributed by atoms with van der Waals surface area (Å²) in [5.41, 5.74) is 2.27. The highest BCUT2D eigenvalue weighted by Crippen LogP contribution is 2.27. The summed E-state index contributed by atoms with van der Waals surface area (Å²) < 4.78 is 5.19. The number of phenols is 1. The average Bonchev–Trinajstić information content (AvgIpc) is 2.80. The SMILES string of the molecule is COc1cc(/C=C/CN2CCC[C@H](N3CCN(c4cccc(Cl)c4)CC3)C2)ccc1O. The zero-order valence-corrected chi connectivity index (χ0v) is 19.0. The maximum Gasteiger partial charge on any atom is 0.161 e. The Kier molecular flexibility index (Phi) is 7.38. The number of anilines is 1. The van der Waals surface area contributed by atoms with Gasteiger partial charge in [-0.3, -0.25) is 9.80 Å². The standard InChI is InChI=1S/C25H32ClN3O2/c1-31-25-17-20(9-10-24(25)30)5-3-11-27-12-4-8-23(19-27)29-15-13-28(14-16-29)22-7-2-6-21(26)18-22/h2-3,5-7,9-10,17-18,23,30H,4,8,11-16,19H2,1H3/b5-3+/t23-/m0/s1. The van der Waals surface area contributed by atoms with Crippen LogP contribution in [-0.4, -0.2) is 73.9 Å². The van der Waals surface area contributed by atoms with Crippen LogP contribution < -0.4 is 9.64 Å². The number of methoxy groups -OCH3 is 1. The zero-order chi connectivity index (χ0) is 21.6. The lowest BCUT2D eigenvalue weighted by Crippen LogP contribution is -2.55. The first-order chi connectivity index (χ1) is 15.1. The van der Waals surface area contributed by atoms with E-state index < -0.39 is 0 Å². The van der Waals surface area contributed by atoms with E-state index in [0.29, 0.717) is 11.8 Å². The minimum Gasteiger partial charge on any atom is -0.504 e. The van der Waals surface area contributed by atoms with Crippen molar-refractivity contribution in [2.24, 2.45) is 0 Å². The normalized spacial score (nSPS) is 21.0. The molecule has 0 radical (unpaired) electrons. The molecule has 1 atom stereocenters. The lowest BCUT2D eigenvalue weighted by Gasteiger charge is -2.43. The smallest absolute Gasteiger partial charge is 0.161 e. The summed E-state index contributed by atoms with van der Waals surface area (Å²) in [4.78, 5) is 7.66. The molecule has 2 fully saturated rings. The number of hydrogen-bond donors (Lipinski definition) is 1. The molecule has 0 bridgehead atoms. The summed E-state index contributed by atoms with van der Waals surface area (Å²) in [6.07, 6.45) is 6.85. The van der Waals surface area contributed by atoms with Gasteiger partial charge in [-0.2, -0.15) is 0 Å². The molecule has 0 spiro atoms. The Labute approximate surface area is 190 Å². The summed E-state index contributed by atoms with van der Waals surface area (Å²) in [5, 5.41) is 10.5. The van der Waals surface area contributed by atoms with Crippen molar-refractivity contribution < 1.29 is 9.84 Å². The summed E-state index contributed by atoms with van der Waals surface area (Å²) in [5.74, 6) is 0.686. The number of piperidine rings is 1. The lowest BCUT2D eigenvalue weighted by molar-refractivity contribution is 0.0991. The molecule has 0 amide bonds. The molecule has 5 nitrogen and oxygen atoms in total. The molecule has 2 aromatic carbocycles. The van der Waals surface area contributed by atoms with Crippen LogP contribution in [0.25, 0.3) is 6.08 Å². The highest BCUT2D eigenvalue weighted by atomic mass is 35.5. The maximum absolute atomic E-state index is 9.74. The van der Waals surface area contributed by atoms with E-state index in [4.69, 9.17) is 16.3 Å². The second-order valence-electron chi connectivity index (χ2n) is 8.39. The average molecular weight is 442 g/mol. The summed E-state index contributed by atoms with van der Waals surface area (Å²) in [6, 6.07) is 14.3. The van der Waals surface area contributed by atoms with Gasteiger partial charge in [0.1, 0.15) is 0 Å². The topological polar surface area (TPSA) is 39.2 Å². The highest BCUT2D eigenvalue weighted by Gasteiger charge is 2.27. The van der Waals surface area contributed by atoms with Gasteiger partial charge in [-0.25, -0.2) is 0 Å². The van der Waals surface area contributed by atoms with Gasteiger partial charge >= 0.3 is 0 Å². The van der Waals surface area contributed by atoms with E-state index in [1.807, 2.05) is 24.3 Å². The number of piperazine rings is 1. The van der Waals surface area contributed by atoms with Crippen molar-refractivity contribution in [2.45, 2.75) is 18.9 Å². The van der Waals surface area contributed by atoms with Gasteiger partial charge in [0, 0.05) is 56.0 Å². The third kappa shape index (κ3) is 5.73. The van der Waals surface area contributed by atoms with Crippen LogP contribution in [0.2, 0.25) is 5.02 Å². The molecule has 2 heterocycles. The van der Waals surface area contributed by atoms with E-state index in [1.54, 1.807) is 13.2 Å². The minimum absolute atomic E-state index is 0.175. The molecular weight excluding hydrogens is 410 g/mol. The van der Waals surface area contributed by atoms with Crippen LogP contribution in [0.5, 0.6) is 11.5 Å². The molecule has 0 saturated carbocycles. The number of nitrogens with zero attached hydrogens (tertiary/aromatic N) is 3. The molecule has 0 aliphatic carbocycles. The van der Waals surface area contributed by atoms with Gasteiger partial charge in [-0.15, -0.1) is 0 Å². The van der Waals surface area contributed by atoms with Crippen LogP contribution in [0.15, 0.2) is 48.5 Å². The number of phenolic OH excluding ortho intramolecular Hbond substituents is 1. The van der Waals surface area contributed by atoms with E-state index in [1.165, 1.54) is 18.5 Å². The second-order valence-corrected chi connectivity index (χ2v) is 8.83. The first kappa shape index (κ1) is 22.0. The minimum atomic E-state index is 0.175. The van der Waals surface area contributed by atoms with Gasteiger partial charge in [0.15, 0.2) is 11.5 Å². The molecule has 2 saturated heterocycles. The highest BCUT2D eigenvalue weighted by molar-refractivity contribution is 6.30. The Bertz CT molecular complexity index is 896. The number of benzene rings is 2. The van der Waals surface area contributed by atoms with Gasteiger partial charge in [0.05, 0.1) is 7.11 Å². The van der Waals surface area contributed by atoms with Crippen LogP contribution in [0.1, 0.15) is 18.4 Å². The van der Waals surface area contributed by atoms with Crippen LogP contribution in [-0.2, 0) is 0 Å². The molecule has 6 heteroatoms. The molecule has 0 unspecified atom stereocenters. The maximum atomic E-state index is 9.74. The molecule has 4 rings (SSSR count). The van der Waals surface area contributed by atoms with Gasteiger partial charge in [0.2, 0.25) is 0 Å². The van der Waals surface area contributed by atoms with E-state index >= 15 is 0 Å². The van der Waals surface area contributed by atoms with E-state index in [9.17, 15) is 5.11 Å². The van der Waals surface area contributed by atoms with Crippen molar-refractivity contribution in [1.29, 1.82) is 0 Å². The van der Waals surface area contributed by atoms with Crippen LogP contribution in [0, 0.1) is 0 Å². The van der Waals surface area contributed by atoms with Crippen molar-refractivity contribution in [2.75, 3.05) is 57.8 Å². The summed E-state index contributed by atoms with van der Waals surface area (Å²) >= 11 is 6.17. The van der Waals surface area contributed by atoms with Crippen molar-refractivity contribution in [3.05, 3.63) is 59.1 Å². The third-order valence-electron chi connectivity index (χ3n) is 6.36. The van der Waals surface area contributed by atoms with Gasteiger partial charge < -0.3 is 14.7 Å². The van der Waals surface area contributed by atoms with E-state index in [2.05, 4.69) is 39.0 Å². The van der Waals surface area contributed by atoms with E-state index in [0.717, 1.165) is 56.4 Å². The quantitative estimate of drug-likeness (QED) is 0.721. The predicted molar refractivity (Wildman–Crippen MR) is 128 cm³/mol. The molecule has 1 N–H and O–H groups in total. The molecule has 0 aromatic heterocycles. The number of rotatable bonds is 6. The zero-order valence-electron chi connectivity index (χ0n) is 18.2. The number of likely N-dealkylation sites (tertiary alicyclic amines) is 1. The molecule has 166 valence electrons. The number of halogens is 1. The number of ether oxygens (including phenoxy) is 1. The fourth-order valence-corrected chi connectivity index (χ4v) is 4.83. The Morgan fingerprint density at radius 2 is 1.94 bits per heavy atom. The number of hydrogen-bond acceptors (Lipinski definition) is 5. The van der Waals surface area contributed by atoms with Crippen LogP contribution >= 0.6 is 11.6 Å². The molecular formula is C25H32ClN3O2. The van der Waals surface area contributed by atoms with Crippen molar-refractivity contribution in [3.63, 3.8) is 0 Å². The van der Waals surface area contributed by atoms with Gasteiger partial charge in [-0.1, -0.05) is 35.9 Å². The van der Waals surface area contributed by atoms with Crippen molar-refractivity contribution in [1.82, 2.24) is 9.80 Å². The van der Waals surface area contributed by atoms with Gasteiger partial charge in [-0.05, 0) is 55.3 Å². The van der Waals surface area contributed by atoms with Crippen LogP contribution in [0.3, 0.4) is 0 Å². The molecule has 2 aliphatic heterocycles. The Morgan fingerprint density at radius 1 is 1.10 bits per heavy atom. The molecule has 2 aromatic rings. The van der Waals surface area contributed by atoms with Crippen molar-refractivity contribution in [3.8, 4) is 11.5 Å². The van der Waals surface area contributed by atoms with Crippen molar-refractivity contribution >= 4 is 23.4 Å². The predicted octanol–water partition coefficient (Wildman–Crippen LogP) is 4.35.